The lowest BCUT2D eigenvalue weighted by Crippen LogP contribution is -2.40. The molecule has 0 radical (unpaired) electrons. The fraction of sp³-hybridized carbons (Fsp3) is 0.444. The number of hydrogen-bond donors (Lipinski definition) is 2. The van der Waals surface area contributed by atoms with Gasteiger partial charge in [0, 0.05) is 19.0 Å². The zero-order chi connectivity index (χ0) is 17.5. The van der Waals surface area contributed by atoms with Crippen LogP contribution in [0.25, 0.3) is 0 Å². The second-order valence-corrected chi connectivity index (χ2v) is 6.96. The summed E-state index contributed by atoms with van der Waals surface area (Å²) in [7, 11) is 0. The van der Waals surface area contributed by atoms with Crippen molar-refractivity contribution in [1.29, 1.82) is 0 Å². The van der Waals surface area contributed by atoms with Crippen LogP contribution >= 0.6 is 11.3 Å². The van der Waals surface area contributed by atoms with Crippen LogP contribution in [0, 0.1) is 12.7 Å². The third-order valence-corrected chi connectivity index (χ3v) is 5.00. The predicted octanol–water partition coefficient (Wildman–Crippen LogP) is 3.43. The Balaban J connectivity index is 2.04. The van der Waals surface area contributed by atoms with E-state index in [1.807, 2.05) is 6.92 Å². The maximum atomic E-state index is 13.0. The second-order valence-electron chi connectivity index (χ2n) is 5.87. The van der Waals surface area contributed by atoms with Crippen LogP contribution in [0.3, 0.4) is 0 Å². The molecule has 0 saturated carbocycles. The molecule has 0 saturated heterocycles. The van der Waals surface area contributed by atoms with Gasteiger partial charge in [-0.1, -0.05) is 31.9 Å². The van der Waals surface area contributed by atoms with E-state index < -0.39 is 0 Å². The van der Waals surface area contributed by atoms with Crippen LogP contribution in [0.15, 0.2) is 24.3 Å². The highest BCUT2D eigenvalue weighted by molar-refractivity contribution is 7.13. The molecule has 0 bridgehead atoms. The van der Waals surface area contributed by atoms with E-state index in [2.05, 4.69) is 17.2 Å². The Kier molecular flexibility index (Phi) is 6.87. The molecule has 0 fully saturated rings. The van der Waals surface area contributed by atoms with Crippen LogP contribution in [-0.2, 0) is 6.42 Å². The van der Waals surface area contributed by atoms with Crippen LogP contribution in [0.2, 0.25) is 0 Å². The lowest BCUT2D eigenvalue weighted by Gasteiger charge is -2.15. The number of nitrogens with zero attached hydrogens (tertiary/aromatic N) is 1. The van der Waals surface area contributed by atoms with Gasteiger partial charge in [-0.15, -0.1) is 11.3 Å². The minimum absolute atomic E-state index is 0.000464. The van der Waals surface area contributed by atoms with Gasteiger partial charge in [-0.05, 0) is 31.0 Å². The van der Waals surface area contributed by atoms with E-state index in [0.717, 1.165) is 35.5 Å². The molecule has 1 unspecified atom stereocenters. The Labute approximate surface area is 146 Å². The smallest absolute Gasteiger partial charge is 0.263 e. The summed E-state index contributed by atoms with van der Waals surface area (Å²) in [4.78, 5) is 17.6. The van der Waals surface area contributed by atoms with Gasteiger partial charge in [0.05, 0.1) is 10.7 Å². The molecule has 2 rings (SSSR count). The highest BCUT2D eigenvalue weighted by Gasteiger charge is 2.18. The zero-order valence-corrected chi connectivity index (χ0v) is 15.0. The Morgan fingerprint density at radius 3 is 2.71 bits per heavy atom. The molecule has 3 N–H and O–H groups in total. The van der Waals surface area contributed by atoms with Crippen molar-refractivity contribution < 1.29 is 9.18 Å². The standard InChI is InChI=1S/C18H24FN3OS/c1-3-4-5-15(11-20)22-18(23)17-12(2)21-16(24-17)10-13-6-8-14(19)9-7-13/h6-9,15H,3-5,10-11,20H2,1-2H3,(H,22,23). The topological polar surface area (TPSA) is 68.0 Å². The summed E-state index contributed by atoms with van der Waals surface area (Å²) in [6.07, 6.45) is 3.60. The highest BCUT2D eigenvalue weighted by atomic mass is 32.1. The SMILES string of the molecule is CCCCC(CN)NC(=O)c1sc(Cc2ccc(F)cc2)nc1C. The van der Waals surface area contributed by atoms with Crippen LogP contribution in [-0.4, -0.2) is 23.5 Å². The van der Waals surface area contributed by atoms with Crippen molar-refractivity contribution in [2.75, 3.05) is 6.54 Å². The van der Waals surface area contributed by atoms with E-state index in [4.69, 9.17) is 5.73 Å². The molecule has 1 heterocycles. The number of nitrogens with one attached hydrogen (secondary N) is 1. The monoisotopic (exact) mass is 349 g/mol. The fourth-order valence-corrected chi connectivity index (χ4v) is 3.47. The van der Waals surface area contributed by atoms with E-state index >= 15 is 0 Å². The number of hydrogen-bond acceptors (Lipinski definition) is 4. The van der Waals surface area contributed by atoms with Gasteiger partial charge >= 0.3 is 0 Å². The Morgan fingerprint density at radius 2 is 2.08 bits per heavy atom. The molecule has 24 heavy (non-hydrogen) atoms. The number of carbonyl (C=O) groups is 1. The van der Waals surface area contributed by atoms with E-state index in [9.17, 15) is 9.18 Å². The van der Waals surface area contributed by atoms with Gasteiger partial charge in [-0.3, -0.25) is 4.79 Å². The summed E-state index contributed by atoms with van der Waals surface area (Å²) in [6, 6.07) is 6.34. The predicted molar refractivity (Wildman–Crippen MR) is 95.9 cm³/mol. The fourth-order valence-electron chi connectivity index (χ4n) is 2.47. The summed E-state index contributed by atoms with van der Waals surface area (Å²) in [5.74, 6) is -0.365. The number of aryl methyl sites for hydroxylation is 1. The zero-order valence-electron chi connectivity index (χ0n) is 14.1. The maximum Gasteiger partial charge on any atom is 0.263 e. The van der Waals surface area contributed by atoms with Gasteiger partial charge in [0.2, 0.25) is 0 Å². The minimum Gasteiger partial charge on any atom is -0.347 e. The molecular formula is C18H24FN3OS. The molecule has 0 aliphatic carbocycles. The first-order valence-electron chi connectivity index (χ1n) is 8.25. The molecule has 0 spiro atoms. The van der Waals surface area contributed by atoms with Crippen molar-refractivity contribution >= 4 is 17.2 Å². The average molecular weight is 349 g/mol. The van der Waals surface area contributed by atoms with Gasteiger partial charge in [0.15, 0.2) is 0 Å². The largest absolute Gasteiger partial charge is 0.347 e. The molecule has 0 aliphatic rings. The van der Waals surface area contributed by atoms with Crippen molar-refractivity contribution in [1.82, 2.24) is 10.3 Å². The van der Waals surface area contributed by atoms with Gasteiger partial charge in [0.1, 0.15) is 10.7 Å². The number of aromatic nitrogens is 1. The molecule has 6 heteroatoms. The number of benzene rings is 1. The number of halogens is 1. The number of unbranched alkanes of at least 4 members (excludes halogenated alkanes) is 1. The molecule has 0 aliphatic heterocycles. The minimum atomic E-state index is -0.256. The van der Waals surface area contributed by atoms with Crippen molar-refractivity contribution in [3.05, 3.63) is 51.2 Å². The van der Waals surface area contributed by atoms with Crippen LogP contribution in [0.4, 0.5) is 4.39 Å². The highest BCUT2D eigenvalue weighted by Crippen LogP contribution is 2.21. The number of rotatable bonds is 8. The lowest BCUT2D eigenvalue weighted by atomic mass is 10.1. The van der Waals surface area contributed by atoms with Crippen LogP contribution in [0.5, 0.6) is 0 Å². The van der Waals surface area contributed by atoms with E-state index in [-0.39, 0.29) is 17.8 Å². The first-order valence-corrected chi connectivity index (χ1v) is 9.06. The quantitative estimate of drug-likeness (QED) is 0.767. The third-order valence-electron chi connectivity index (χ3n) is 3.84. The lowest BCUT2D eigenvalue weighted by molar-refractivity contribution is 0.0939. The number of thiazole rings is 1. The maximum absolute atomic E-state index is 13.0. The van der Waals surface area contributed by atoms with Crippen LogP contribution in [0.1, 0.15) is 52.1 Å². The first kappa shape index (κ1) is 18.5. The van der Waals surface area contributed by atoms with Crippen molar-refractivity contribution in [3.63, 3.8) is 0 Å². The van der Waals surface area contributed by atoms with Crippen molar-refractivity contribution in [2.24, 2.45) is 5.73 Å². The second kappa shape index (κ2) is 8.89. The molecule has 1 aromatic heterocycles. The van der Waals surface area contributed by atoms with Gasteiger partial charge < -0.3 is 11.1 Å². The molecular weight excluding hydrogens is 325 g/mol. The summed E-state index contributed by atoms with van der Waals surface area (Å²) < 4.78 is 13.0. The summed E-state index contributed by atoms with van der Waals surface area (Å²) >= 11 is 1.39. The Bertz CT molecular complexity index is 669. The van der Waals surface area contributed by atoms with Gasteiger partial charge in [-0.25, -0.2) is 9.37 Å². The molecule has 1 aromatic carbocycles. The summed E-state index contributed by atoms with van der Waals surface area (Å²) in [6.45, 7) is 4.39. The summed E-state index contributed by atoms with van der Waals surface area (Å²) in [5, 5.41) is 3.85. The number of nitrogens with two attached hydrogens (primary N) is 1. The van der Waals surface area contributed by atoms with Gasteiger partial charge in [0.25, 0.3) is 5.91 Å². The number of carbonyl (C=O) groups excluding carboxylic acids is 1. The third kappa shape index (κ3) is 5.11. The average Bonchev–Trinajstić information content (AvgIpc) is 2.94. The molecule has 4 nitrogen and oxygen atoms in total. The molecule has 1 atom stereocenters. The Hall–Kier alpha value is -1.79. The molecule has 130 valence electrons. The molecule has 2 aromatic rings. The van der Waals surface area contributed by atoms with Gasteiger partial charge in [-0.2, -0.15) is 0 Å². The first-order chi connectivity index (χ1) is 11.5. The molecule has 1 amide bonds. The van der Waals surface area contributed by atoms with Crippen molar-refractivity contribution in [3.8, 4) is 0 Å². The van der Waals surface area contributed by atoms with Crippen molar-refractivity contribution in [2.45, 2.75) is 45.6 Å². The van der Waals surface area contributed by atoms with E-state index in [0.29, 0.717) is 17.8 Å². The Morgan fingerprint density at radius 1 is 1.38 bits per heavy atom. The van der Waals surface area contributed by atoms with Crippen LogP contribution < -0.4 is 11.1 Å². The van der Waals surface area contributed by atoms with E-state index in [1.165, 1.54) is 23.5 Å². The number of amides is 1. The summed E-state index contributed by atoms with van der Waals surface area (Å²) in [5.41, 5.74) is 7.44. The normalized spacial score (nSPS) is 12.2. The van der Waals surface area contributed by atoms with E-state index in [1.54, 1.807) is 12.1 Å².